The Balaban J connectivity index is 2.37. The SMILES string of the molecule is CCc1cc(Cc2ccccc2OC)cc(C(N)=O)c1. The number of rotatable bonds is 5. The molecule has 0 saturated carbocycles. The molecule has 2 aromatic rings. The van der Waals surface area contributed by atoms with E-state index in [1.165, 1.54) is 0 Å². The number of methoxy groups -OCH3 is 1. The molecule has 0 aromatic heterocycles. The Labute approximate surface area is 119 Å². The third-order valence-corrected chi connectivity index (χ3v) is 3.33. The third kappa shape index (κ3) is 3.18. The van der Waals surface area contributed by atoms with Crippen LogP contribution in [0, 0.1) is 0 Å². The zero-order chi connectivity index (χ0) is 14.5. The van der Waals surface area contributed by atoms with Crippen LogP contribution in [0.25, 0.3) is 0 Å². The number of aryl methyl sites for hydroxylation is 1. The number of ether oxygens (including phenoxy) is 1. The van der Waals surface area contributed by atoms with Crippen molar-refractivity contribution < 1.29 is 9.53 Å². The Kier molecular flexibility index (Phi) is 4.41. The van der Waals surface area contributed by atoms with E-state index < -0.39 is 0 Å². The van der Waals surface area contributed by atoms with Crippen LogP contribution in [0.15, 0.2) is 42.5 Å². The number of hydrogen-bond acceptors (Lipinski definition) is 2. The molecule has 0 heterocycles. The summed E-state index contributed by atoms with van der Waals surface area (Å²) in [5.41, 5.74) is 9.24. The maximum Gasteiger partial charge on any atom is 0.248 e. The molecule has 2 rings (SSSR count). The summed E-state index contributed by atoms with van der Waals surface area (Å²) in [6.07, 6.45) is 1.60. The fourth-order valence-corrected chi connectivity index (χ4v) is 2.28. The first-order valence-corrected chi connectivity index (χ1v) is 6.68. The maximum absolute atomic E-state index is 11.4. The van der Waals surface area contributed by atoms with Gasteiger partial charge in [0.25, 0.3) is 0 Å². The molecular formula is C17H19NO2. The van der Waals surface area contributed by atoms with Crippen LogP contribution in [0.5, 0.6) is 5.75 Å². The Hall–Kier alpha value is -2.29. The van der Waals surface area contributed by atoms with Crippen LogP contribution in [-0.4, -0.2) is 13.0 Å². The van der Waals surface area contributed by atoms with Crippen LogP contribution in [0.1, 0.15) is 34.0 Å². The van der Waals surface area contributed by atoms with E-state index in [9.17, 15) is 4.79 Å². The van der Waals surface area contributed by atoms with Gasteiger partial charge in [-0.1, -0.05) is 31.2 Å². The van der Waals surface area contributed by atoms with Crippen molar-refractivity contribution in [2.75, 3.05) is 7.11 Å². The normalized spacial score (nSPS) is 10.3. The second-order valence-corrected chi connectivity index (χ2v) is 4.74. The van der Waals surface area contributed by atoms with Gasteiger partial charge in [-0.15, -0.1) is 0 Å². The standard InChI is InChI=1S/C17H19NO2/c1-3-12-8-13(11-15(9-12)17(18)19)10-14-6-4-5-7-16(14)20-2/h4-9,11H,3,10H2,1-2H3,(H2,18,19). The minimum absolute atomic E-state index is 0.387. The number of benzene rings is 2. The Morgan fingerprint density at radius 2 is 1.85 bits per heavy atom. The summed E-state index contributed by atoms with van der Waals surface area (Å²) < 4.78 is 5.36. The van der Waals surface area contributed by atoms with Gasteiger partial charge in [-0.3, -0.25) is 4.79 Å². The Morgan fingerprint density at radius 1 is 1.15 bits per heavy atom. The van der Waals surface area contributed by atoms with Crippen molar-refractivity contribution in [1.82, 2.24) is 0 Å². The van der Waals surface area contributed by atoms with Gasteiger partial charge >= 0.3 is 0 Å². The summed E-state index contributed by atoms with van der Waals surface area (Å²) in [5, 5.41) is 0. The van der Waals surface area contributed by atoms with E-state index in [0.29, 0.717) is 5.56 Å². The lowest BCUT2D eigenvalue weighted by Gasteiger charge is -2.10. The molecule has 0 fully saturated rings. The van der Waals surface area contributed by atoms with Crippen molar-refractivity contribution in [3.63, 3.8) is 0 Å². The largest absolute Gasteiger partial charge is 0.496 e. The zero-order valence-electron chi connectivity index (χ0n) is 11.8. The van der Waals surface area contributed by atoms with Gasteiger partial charge in [0.1, 0.15) is 5.75 Å². The van der Waals surface area contributed by atoms with Crippen molar-refractivity contribution in [1.29, 1.82) is 0 Å². The Bertz CT molecular complexity index is 620. The lowest BCUT2D eigenvalue weighted by molar-refractivity contribution is 0.1000. The minimum Gasteiger partial charge on any atom is -0.496 e. The van der Waals surface area contributed by atoms with Gasteiger partial charge in [-0.25, -0.2) is 0 Å². The molecule has 0 saturated heterocycles. The Morgan fingerprint density at radius 3 is 2.50 bits per heavy atom. The van der Waals surface area contributed by atoms with Crippen molar-refractivity contribution >= 4 is 5.91 Å². The second kappa shape index (κ2) is 6.24. The first-order chi connectivity index (χ1) is 9.63. The second-order valence-electron chi connectivity index (χ2n) is 4.74. The summed E-state index contributed by atoms with van der Waals surface area (Å²) >= 11 is 0. The number of nitrogens with two attached hydrogens (primary N) is 1. The summed E-state index contributed by atoms with van der Waals surface area (Å²) in [7, 11) is 1.66. The number of amides is 1. The fraction of sp³-hybridized carbons (Fsp3) is 0.235. The third-order valence-electron chi connectivity index (χ3n) is 3.33. The van der Waals surface area contributed by atoms with Gasteiger partial charge in [0.15, 0.2) is 0 Å². The molecule has 1 amide bonds. The average molecular weight is 269 g/mol. The molecule has 0 bridgehead atoms. The first kappa shape index (κ1) is 14.1. The monoisotopic (exact) mass is 269 g/mol. The van der Waals surface area contributed by atoms with E-state index in [-0.39, 0.29) is 5.91 Å². The van der Waals surface area contributed by atoms with E-state index in [0.717, 1.165) is 35.3 Å². The summed E-state index contributed by atoms with van der Waals surface area (Å²) in [5.74, 6) is 0.469. The smallest absolute Gasteiger partial charge is 0.248 e. The predicted octanol–water partition coefficient (Wildman–Crippen LogP) is 2.95. The average Bonchev–Trinajstić information content (AvgIpc) is 2.47. The number of para-hydroxylation sites is 1. The molecule has 3 nitrogen and oxygen atoms in total. The van der Waals surface area contributed by atoms with Gasteiger partial charge in [0.2, 0.25) is 5.91 Å². The van der Waals surface area contributed by atoms with E-state index in [4.69, 9.17) is 10.5 Å². The van der Waals surface area contributed by atoms with Gasteiger partial charge in [-0.2, -0.15) is 0 Å². The highest BCUT2D eigenvalue weighted by Gasteiger charge is 2.08. The van der Waals surface area contributed by atoms with Crippen LogP contribution < -0.4 is 10.5 Å². The van der Waals surface area contributed by atoms with Crippen molar-refractivity contribution in [3.8, 4) is 5.75 Å². The first-order valence-electron chi connectivity index (χ1n) is 6.68. The van der Waals surface area contributed by atoms with Gasteiger partial charge in [-0.05, 0) is 41.3 Å². The highest BCUT2D eigenvalue weighted by atomic mass is 16.5. The molecular weight excluding hydrogens is 250 g/mol. The van der Waals surface area contributed by atoms with Crippen LogP contribution in [0.4, 0.5) is 0 Å². The lowest BCUT2D eigenvalue weighted by atomic mass is 9.98. The van der Waals surface area contributed by atoms with Crippen LogP contribution in [0.3, 0.4) is 0 Å². The maximum atomic E-state index is 11.4. The summed E-state index contributed by atoms with van der Waals surface area (Å²) in [6.45, 7) is 2.06. The van der Waals surface area contributed by atoms with Crippen molar-refractivity contribution in [3.05, 3.63) is 64.7 Å². The van der Waals surface area contributed by atoms with Gasteiger partial charge in [0.05, 0.1) is 7.11 Å². The zero-order valence-corrected chi connectivity index (χ0v) is 11.8. The quantitative estimate of drug-likeness (QED) is 0.907. The van der Waals surface area contributed by atoms with E-state index in [1.54, 1.807) is 7.11 Å². The van der Waals surface area contributed by atoms with Crippen molar-refractivity contribution in [2.45, 2.75) is 19.8 Å². The molecule has 0 aliphatic heterocycles. The number of primary amides is 1. The highest BCUT2D eigenvalue weighted by Crippen LogP contribution is 2.22. The number of hydrogen-bond donors (Lipinski definition) is 1. The summed E-state index contributed by atoms with van der Waals surface area (Å²) in [4.78, 5) is 11.4. The molecule has 0 aliphatic rings. The van der Waals surface area contributed by atoms with E-state index >= 15 is 0 Å². The van der Waals surface area contributed by atoms with Gasteiger partial charge < -0.3 is 10.5 Å². The molecule has 0 atom stereocenters. The predicted molar refractivity (Wildman–Crippen MR) is 80.1 cm³/mol. The molecule has 0 unspecified atom stereocenters. The van der Waals surface area contributed by atoms with E-state index in [1.807, 2.05) is 36.4 Å². The topological polar surface area (TPSA) is 52.3 Å². The van der Waals surface area contributed by atoms with Crippen molar-refractivity contribution in [2.24, 2.45) is 5.73 Å². The minimum atomic E-state index is -0.387. The summed E-state index contributed by atoms with van der Waals surface area (Å²) in [6, 6.07) is 13.7. The van der Waals surface area contributed by atoms with Crippen LogP contribution in [0.2, 0.25) is 0 Å². The molecule has 104 valence electrons. The molecule has 3 heteroatoms. The molecule has 0 aliphatic carbocycles. The molecule has 2 N–H and O–H groups in total. The van der Waals surface area contributed by atoms with E-state index in [2.05, 4.69) is 13.0 Å². The number of carbonyl (C=O) groups excluding carboxylic acids is 1. The molecule has 0 spiro atoms. The highest BCUT2D eigenvalue weighted by molar-refractivity contribution is 5.93. The van der Waals surface area contributed by atoms with Crippen LogP contribution in [-0.2, 0) is 12.8 Å². The molecule has 0 radical (unpaired) electrons. The lowest BCUT2D eigenvalue weighted by Crippen LogP contribution is -2.12. The molecule has 2 aromatic carbocycles. The van der Waals surface area contributed by atoms with Gasteiger partial charge in [0, 0.05) is 12.0 Å². The molecule has 20 heavy (non-hydrogen) atoms. The fourth-order valence-electron chi connectivity index (χ4n) is 2.28. The van der Waals surface area contributed by atoms with Crippen LogP contribution >= 0.6 is 0 Å². The number of carbonyl (C=O) groups is 1.